The first-order chi connectivity index (χ1) is 9.32. The number of carboxylic acid groups (broad SMARTS) is 1. The van der Waals surface area contributed by atoms with E-state index in [2.05, 4.69) is 0 Å². The zero-order valence-corrected chi connectivity index (χ0v) is 12.6. The van der Waals surface area contributed by atoms with Crippen LogP contribution in [0.5, 0.6) is 0 Å². The largest absolute Gasteiger partial charge is 0.481 e. The van der Waals surface area contributed by atoms with Crippen molar-refractivity contribution in [3.63, 3.8) is 0 Å². The Morgan fingerprint density at radius 2 is 1.95 bits per heavy atom. The molecule has 2 rings (SSSR count). The summed E-state index contributed by atoms with van der Waals surface area (Å²) in [6, 6.07) is 4.85. The molecule has 0 spiro atoms. The topological polar surface area (TPSA) is 74.7 Å². The molecule has 1 saturated heterocycles. The number of rotatable bonds is 3. The Balaban J connectivity index is 2.24. The van der Waals surface area contributed by atoms with Crippen LogP contribution in [0.15, 0.2) is 23.1 Å². The molecule has 1 aromatic carbocycles. The molecule has 0 saturated carbocycles. The van der Waals surface area contributed by atoms with E-state index in [1.807, 2.05) is 0 Å². The predicted molar refractivity (Wildman–Crippen MR) is 75.3 cm³/mol. The van der Waals surface area contributed by atoms with Gasteiger partial charge in [-0.1, -0.05) is 17.7 Å². The highest BCUT2D eigenvalue weighted by atomic mass is 35.5. The fourth-order valence-electron chi connectivity index (χ4n) is 2.29. The summed E-state index contributed by atoms with van der Waals surface area (Å²) < 4.78 is 26.4. The van der Waals surface area contributed by atoms with Crippen LogP contribution in [0.2, 0.25) is 5.02 Å². The Bertz CT molecular complexity index is 621. The lowest BCUT2D eigenvalue weighted by molar-refractivity contribution is -0.142. The molecule has 1 heterocycles. The van der Waals surface area contributed by atoms with Gasteiger partial charge in [-0.25, -0.2) is 8.42 Å². The van der Waals surface area contributed by atoms with E-state index in [9.17, 15) is 13.2 Å². The van der Waals surface area contributed by atoms with Crippen molar-refractivity contribution < 1.29 is 18.3 Å². The van der Waals surface area contributed by atoms with Gasteiger partial charge in [0.1, 0.15) is 4.90 Å². The number of hydrogen-bond acceptors (Lipinski definition) is 3. The number of carbonyl (C=O) groups is 1. The molecule has 0 aliphatic carbocycles. The van der Waals surface area contributed by atoms with Crippen molar-refractivity contribution in [2.45, 2.75) is 24.7 Å². The van der Waals surface area contributed by atoms with E-state index in [1.54, 1.807) is 25.1 Å². The number of aryl methyl sites for hydroxylation is 1. The second-order valence-corrected chi connectivity index (χ2v) is 7.26. The van der Waals surface area contributed by atoms with Crippen molar-refractivity contribution in [1.29, 1.82) is 0 Å². The number of halogens is 1. The van der Waals surface area contributed by atoms with Crippen molar-refractivity contribution >= 4 is 27.6 Å². The summed E-state index contributed by atoms with van der Waals surface area (Å²) in [6.45, 7) is 2.22. The van der Waals surface area contributed by atoms with Crippen molar-refractivity contribution in [2.75, 3.05) is 13.1 Å². The van der Waals surface area contributed by atoms with Gasteiger partial charge in [-0.2, -0.15) is 4.31 Å². The van der Waals surface area contributed by atoms with Gasteiger partial charge in [0.05, 0.1) is 10.9 Å². The van der Waals surface area contributed by atoms with Gasteiger partial charge < -0.3 is 5.11 Å². The van der Waals surface area contributed by atoms with E-state index >= 15 is 0 Å². The van der Waals surface area contributed by atoms with Crippen LogP contribution in [-0.2, 0) is 14.8 Å². The van der Waals surface area contributed by atoms with Crippen molar-refractivity contribution in [2.24, 2.45) is 5.92 Å². The summed E-state index contributed by atoms with van der Waals surface area (Å²) in [6.07, 6.45) is 0.663. The number of hydrogen-bond donors (Lipinski definition) is 1. The fraction of sp³-hybridized carbons (Fsp3) is 0.462. The summed E-state index contributed by atoms with van der Waals surface area (Å²) in [4.78, 5) is 11.0. The molecule has 0 aromatic heterocycles. The summed E-state index contributed by atoms with van der Waals surface area (Å²) in [5.74, 6) is -1.33. The molecule has 5 nitrogen and oxygen atoms in total. The smallest absolute Gasteiger partial charge is 0.306 e. The lowest BCUT2D eigenvalue weighted by atomic mass is 9.99. The molecule has 1 N–H and O–H groups in total. The molecule has 0 radical (unpaired) electrons. The van der Waals surface area contributed by atoms with Crippen LogP contribution in [0.25, 0.3) is 0 Å². The quantitative estimate of drug-likeness (QED) is 0.926. The standard InChI is InChI=1S/C13H16ClNO4S/c1-9-2-3-11(14)12(8-9)20(18,19)15-6-4-10(5-7-15)13(16)17/h2-3,8,10H,4-7H2,1H3,(H,16,17). The van der Waals surface area contributed by atoms with Gasteiger partial charge in [0.15, 0.2) is 0 Å². The van der Waals surface area contributed by atoms with Gasteiger partial charge in [0.25, 0.3) is 0 Å². The number of benzene rings is 1. The first kappa shape index (κ1) is 15.3. The summed E-state index contributed by atoms with van der Waals surface area (Å²) in [5.41, 5.74) is 0.813. The Hall–Kier alpha value is -1.11. The maximum Gasteiger partial charge on any atom is 0.306 e. The highest BCUT2D eigenvalue weighted by molar-refractivity contribution is 7.89. The molecule has 20 heavy (non-hydrogen) atoms. The van der Waals surface area contributed by atoms with Crippen molar-refractivity contribution in [3.8, 4) is 0 Å². The molecular weight excluding hydrogens is 302 g/mol. The van der Waals surface area contributed by atoms with Crippen molar-refractivity contribution in [3.05, 3.63) is 28.8 Å². The minimum atomic E-state index is -3.66. The Labute approximate surface area is 123 Å². The van der Waals surface area contributed by atoms with Gasteiger partial charge in [-0.05, 0) is 37.5 Å². The van der Waals surface area contributed by atoms with Crippen LogP contribution < -0.4 is 0 Å². The number of piperidine rings is 1. The van der Waals surface area contributed by atoms with E-state index in [4.69, 9.17) is 16.7 Å². The van der Waals surface area contributed by atoms with E-state index < -0.39 is 21.9 Å². The molecular formula is C13H16ClNO4S. The molecule has 1 aliphatic heterocycles. The highest BCUT2D eigenvalue weighted by Crippen LogP contribution is 2.28. The Morgan fingerprint density at radius 1 is 1.35 bits per heavy atom. The molecule has 1 aromatic rings. The molecule has 7 heteroatoms. The lowest BCUT2D eigenvalue weighted by Crippen LogP contribution is -2.40. The number of carboxylic acids is 1. The zero-order valence-electron chi connectivity index (χ0n) is 11.0. The van der Waals surface area contributed by atoms with Crippen LogP contribution in [-0.4, -0.2) is 36.9 Å². The molecule has 0 unspecified atom stereocenters. The molecule has 110 valence electrons. The van der Waals surface area contributed by atoms with Crippen molar-refractivity contribution in [1.82, 2.24) is 4.31 Å². The first-order valence-electron chi connectivity index (χ1n) is 6.31. The highest BCUT2D eigenvalue weighted by Gasteiger charge is 2.33. The first-order valence-corrected chi connectivity index (χ1v) is 8.13. The summed E-state index contributed by atoms with van der Waals surface area (Å²) >= 11 is 5.98. The van der Waals surface area contributed by atoms with Gasteiger partial charge in [0.2, 0.25) is 10.0 Å². The van der Waals surface area contributed by atoms with Gasteiger partial charge in [-0.15, -0.1) is 0 Å². The number of aliphatic carboxylic acids is 1. The Morgan fingerprint density at radius 3 is 2.50 bits per heavy atom. The zero-order chi connectivity index (χ0) is 14.9. The SMILES string of the molecule is Cc1ccc(Cl)c(S(=O)(=O)N2CCC(C(=O)O)CC2)c1. The summed E-state index contributed by atoms with van der Waals surface area (Å²) in [7, 11) is -3.66. The third-order valence-electron chi connectivity index (χ3n) is 3.51. The molecule has 0 bridgehead atoms. The molecule has 1 fully saturated rings. The maximum atomic E-state index is 12.5. The molecule has 0 amide bonds. The number of sulfonamides is 1. The third-order valence-corrected chi connectivity index (χ3v) is 5.89. The summed E-state index contributed by atoms with van der Waals surface area (Å²) in [5, 5.41) is 9.13. The molecule has 0 atom stereocenters. The minimum absolute atomic E-state index is 0.0907. The van der Waals surface area contributed by atoms with Crippen LogP contribution in [0.1, 0.15) is 18.4 Å². The predicted octanol–water partition coefficient (Wildman–Crippen LogP) is 2.13. The van der Waals surface area contributed by atoms with E-state index in [0.717, 1.165) is 5.56 Å². The third kappa shape index (κ3) is 2.97. The maximum absolute atomic E-state index is 12.5. The van der Waals surface area contributed by atoms with Gasteiger partial charge >= 0.3 is 5.97 Å². The Kier molecular flexibility index (Phi) is 4.36. The van der Waals surface area contributed by atoms with E-state index in [-0.39, 0.29) is 23.0 Å². The van der Waals surface area contributed by atoms with Crippen LogP contribution >= 0.6 is 11.6 Å². The van der Waals surface area contributed by atoms with E-state index in [0.29, 0.717) is 12.8 Å². The average Bonchev–Trinajstić information content (AvgIpc) is 2.41. The average molecular weight is 318 g/mol. The monoisotopic (exact) mass is 317 g/mol. The van der Waals surface area contributed by atoms with E-state index in [1.165, 1.54) is 4.31 Å². The van der Waals surface area contributed by atoms with Crippen LogP contribution in [0.3, 0.4) is 0 Å². The molecule has 1 aliphatic rings. The van der Waals surface area contributed by atoms with Crippen LogP contribution in [0.4, 0.5) is 0 Å². The van der Waals surface area contributed by atoms with Gasteiger partial charge in [0, 0.05) is 13.1 Å². The van der Waals surface area contributed by atoms with Crippen LogP contribution in [0, 0.1) is 12.8 Å². The normalized spacial score (nSPS) is 18.1. The second kappa shape index (κ2) is 5.71. The minimum Gasteiger partial charge on any atom is -0.481 e. The van der Waals surface area contributed by atoms with Gasteiger partial charge in [-0.3, -0.25) is 4.79 Å². The lowest BCUT2D eigenvalue weighted by Gasteiger charge is -2.29. The number of nitrogens with zero attached hydrogens (tertiary/aromatic N) is 1. The fourth-order valence-corrected chi connectivity index (χ4v) is 4.32. The second-order valence-electron chi connectivity index (χ2n) is 4.95.